The molecule has 2 heterocycles. The first-order valence-corrected chi connectivity index (χ1v) is 8.17. The molecule has 0 radical (unpaired) electrons. The zero-order chi connectivity index (χ0) is 21.1. The van der Waals surface area contributed by atoms with Gasteiger partial charge in [0.25, 0.3) is 0 Å². The van der Waals surface area contributed by atoms with Crippen molar-refractivity contribution in [3.63, 3.8) is 0 Å². The minimum absolute atomic E-state index is 0.0715. The number of benzene rings is 1. The third kappa shape index (κ3) is 2.25. The highest BCUT2D eigenvalue weighted by Crippen LogP contribution is 2.40. The van der Waals surface area contributed by atoms with Gasteiger partial charge in [-0.15, -0.1) is 11.3 Å². The lowest BCUT2D eigenvalue weighted by Crippen LogP contribution is -2.27. The summed E-state index contributed by atoms with van der Waals surface area (Å²) in [4.78, 5) is 14.8. The number of Topliss-reactive ketones (excluding diaryl/α,β-unsaturated/α-hetero) is 1. The fraction of sp³-hybridized carbons (Fsp3) is 0.316. The molecule has 1 saturated heterocycles. The summed E-state index contributed by atoms with van der Waals surface area (Å²) >= 11 is 1.31. The van der Waals surface area contributed by atoms with E-state index in [1.54, 1.807) is 0 Å². The van der Waals surface area contributed by atoms with Crippen molar-refractivity contribution < 1.29 is 14.4 Å². The molecule has 2 aliphatic rings. The Morgan fingerprint density at radius 1 is 1.23 bits per heavy atom. The van der Waals surface area contributed by atoms with E-state index < -0.39 is 6.98 Å². The number of carbonyl (C=O) groups is 1. The van der Waals surface area contributed by atoms with Crippen molar-refractivity contribution in [1.82, 2.24) is 4.90 Å². The average Bonchev–Trinajstić information content (AvgIpc) is 3.12. The molecular weight excluding hydrogens is 290 g/mol. The van der Waals surface area contributed by atoms with E-state index in [1.807, 2.05) is 11.4 Å². The summed E-state index contributed by atoms with van der Waals surface area (Å²) in [6, 6.07) is 0.842. The molecule has 1 aliphatic carbocycles. The Kier molecular flexibility index (Phi) is 2.05. The molecule has 0 atom stereocenters. The van der Waals surface area contributed by atoms with Crippen molar-refractivity contribution in [1.29, 1.82) is 0 Å². The number of fused-ring (bicyclic) bond motifs is 2. The van der Waals surface area contributed by atoms with Crippen LogP contribution in [0.25, 0.3) is 5.57 Å². The maximum Gasteiger partial charge on any atom is 0.177 e. The van der Waals surface area contributed by atoms with Gasteiger partial charge >= 0.3 is 0 Å². The van der Waals surface area contributed by atoms with Gasteiger partial charge in [-0.1, -0.05) is 29.7 Å². The van der Waals surface area contributed by atoms with Gasteiger partial charge in [0.2, 0.25) is 0 Å². The number of hydrogen-bond acceptors (Lipinski definition) is 3. The standard InChI is InChI=1S/C19H19NOS/c1-20-9-6-13(7-10-20)18-15-5-3-2-4-14(15)12-17(21)19-16(18)8-11-22-19/h2-5,8,11H,6-7,9-10,12H2,1H3/i1D3,2D,3D,4D,5D. The first-order valence-electron chi connectivity index (χ1n) is 10.8. The molecule has 112 valence electrons. The molecule has 4 rings (SSSR count). The summed E-state index contributed by atoms with van der Waals surface area (Å²) < 4.78 is 55.8. The molecule has 1 aromatic carbocycles. The number of nitrogens with zero attached hydrogens (tertiary/aromatic N) is 1. The van der Waals surface area contributed by atoms with Crippen molar-refractivity contribution >= 4 is 22.7 Å². The van der Waals surface area contributed by atoms with Crippen LogP contribution in [0.1, 0.15) is 48.8 Å². The van der Waals surface area contributed by atoms with Gasteiger partial charge in [-0.2, -0.15) is 0 Å². The number of piperidine rings is 1. The molecule has 1 aromatic heterocycles. The van der Waals surface area contributed by atoms with Crippen molar-refractivity contribution in [3.05, 3.63) is 62.8 Å². The molecule has 2 aromatic rings. The van der Waals surface area contributed by atoms with E-state index in [0.717, 1.165) is 5.57 Å². The highest BCUT2D eigenvalue weighted by molar-refractivity contribution is 7.12. The van der Waals surface area contributed by atoms with Crippen LogP contribution >= 0.6 is 11.3 Å². The lowest BCUT2D eigenvalue weighted by molar-refractivity contribution is 0.0997. The Morgan fingerprint density at radius 3 is 2.86 bits per heavy atom. The fourth-order valence-corrected chi connectivity index (χ4v) is 4.02. The number of ketones is 1. The van der Waals surface area contributed by atoms with Crippen molar-refractivity contribution in [3.8, 4) is 0 Å². The fourth-order valence-electron chi connectivity index (χ4n) is 3.18. The Balaban J connectivity index is 1.96. The second kappa shape index (κ2) is 5.49. The second-order valence-corrected chi connectivity index (χ2v) is 6.50. The summed E-state index contributed by atoms with van der Waals surface area (Å²) in [5, 5.41) is 1.82. The number of carbonyl (C=O) groups excluding carboxylic acids is 1. The Labute approximate surface area is 144 Å². The summed E-state index contributed by atoms with van der Waals surface area (Å²) in [6.07, 6.45) is 0.872. The lowest BCUT2D eigenvalue weighted by Gasteiger charge is -2.27. The molecule has 1 fully saturated rings. The molecule has 0 N–H and O–H groups in total. The summed E-state index contributed by atoms with van der Waals surface area (Å²) in [5.41, 5.74) is 3.02. The van der Waals surface area contributed by atoms with Gasteiger partial charge < -0.3 is 4.90 Å². The number of likely N-dealkylation sites (tertiary alicyclic amines) is 1. The molecule has 2 nitrogen and oxygen atoms in total. The molecule has 0 saturated carbocycles. The third-order valence-electron chi connectivity index (χ3n) is 4.26. The molecule has 0 spiro atoms. The Morgan fingerprint density at radius 2 is 2.05 bits per heavy atom. The van der Waals surface area contributed by atoms with Gasteiger partial charge in [0, 0.05) is 29.2 Å². The van der Waals surface area contributed by atoms with E-state index in [1.165, 1.54) is 16.2 Å². The minimum atomic E-state index is -2.16. The predicted octanol–water partition coefficient (Wildman–Crippen LogP) is 4.01. The van der Waals surface area contributed by atoms with Crippen LogP contribution in [0.3, 0.4) is 0 Å². The van der Waals surface area contributed by atoms with Crippen LogP contribution in [0.15, 0.2) is 41.2 Å². The summed E-state index contributed by atoms with van der Waals surface area (Å²) in [7, 11) is 0. The third-order valence-corrected chi connectivity index (χ3v) is 5.22. The molecule has 0 bridgehead atoms. The van der Waals surface area contributed by atoms with E-state index in [2.05, 4.69) is 0 Å². The van der Waals surface area contributed by atoms with E-state index in [0.29, 0.717) is 53.1 Å². The maximum atomic E-state index is 12.9. The maximum absolute atomic E-state index is 12.9. The summed E-state index contributed by atoms with van der Waals surface area (Å²) in [5.74, 6) is -0.156. The zero-order valence-corrected chi connectivity index (χ0v) is 12.8. The number of hydrogen-bond donors (Lipinski definition) is 0. The van der Waals surface area contributed by atoms with Gasteiger partial charge in [0.1, 0.15) is 0 Å². The van der Waals surface area contributed by atoms with Gasteiger partial charge in [0.05, 0.1) is 10.4 Å². The highest BCUT2D eigenvalue weighted by atomic mass is 32.1. The van der Waals surface area contributed by atoms with Crippen LogP contribution in [0.4, 0.5) is 0 Å². The topological polar surface area (TPSA) is 20.3 Å². The lowest BCUT2D eigenvalue weighted by atomic mass is 9.88. The average molecular weight is 316 g/mol. The molecule has 3 heteroatoms. The van der Waals surface area contributed by atoms with Crippen LogP contribution in [0.2, 0.25) is 0 Å². The molecular formula is C19H19NOS. The van der Waals surface area contributed by atoms with Gasteiger partial charge in [-0.05, 0) is 48.0 Å². The first kappa shape index (κ1) is 8.23. The van der Waals surface area contributed by atoms with Crippen LogP contribution in [-0.2, 0) is 6.42 Å². The minimum Gasteiger partial charge on any atom is -0.306 e. The highest BCUT2D eigenvalue weighted by Gasteiger charge is 2.27. The van der Waals surface area contributed by atoms with Crippen LogP contribution in [0, 0.1) is 0 Å². The van der Waals surface area contributed by atoms with E-state index in [4.69, 9.17) is 9.60 Å². The van der Waals surface area contributed by atoms with Gasteiger partial charge in [-0.25, -0.2) is 0 Å². The van der Waals surface area contributed by atoms with Crippen molar-refractivity contribution in [2.45, 2.75) is 19.3 Å². The van der Waals surface area contributed by atoms with Crippen molar-refractivity contribution in [2.75, 3.05) is 20.1 Å². The predicted molar refractivity (Wildman–Crippen MR) is 91.5 cm³/mol. The molecule has 0 unspecified atom stereocenters. The zero-order valence-electron chi connectivity index (χ0n) is 19.0. The second-order valence-electron chi connectivity index (χ2n) is 5.58. The molecule has 22 heavy (non-hydrogen) atoms. The van der Waals surface area contributed by atoms with E-state index >= 15 is 0 Å². The quantitative estimate of drug-likeness (QED) is 0.732. The SMILES string of the molecule is [2H]c1c([2H])c([2H])c2c(c1[2H])CC(=O)c1sccc1C2=C1CCN(C([2H])([2H])[2H])CC1. The monoisotopic (exact) mass is 316 g/mol. The van der Waals surface area contributed by atoms with Crippen LogP contribution < -0.4 is 0 Å². The van der Waals surface area contributed by atoms with E-state index in [-0.39, 0.29) is 36.4 Å². The van der Waals surface area contributed by atoms with E-state index in [9.17, 15) is 4.79 Å². The van der Waals surface area contributed by atoms with Gasteiger partial charge in [-0.3, -0.25) is 4.79 Å². The number of thiophene rings is 1. The van der Waals surface area contributed by atoms with Crippen LogP contribution in [0.5, 0.6) is 0 Å². The Hall–Kier alpha value is -1.71. The molecule has 1 aliphatic heterocycles. The normalized spacial score (nSPS) is 24.0. The summed E-state index contributed by atoms with van der Waals surface area (Å²) in [6.45, 7) is -1.49. The Bertz CT molecular complexity index is 1040. The largest absolute Gasteiger partial charge is 0.306 e. The smallest absolute Gasteiger partial charge is 0.177 e. The van der Waals surface area contributed by atoms with Crippen LogP contribution in [-0.4, -0.2) is 30.7 Å². The molecule has 0 amide bonds. The first-order chi connectivity index (χ1) is 13.6. The van der Waals surface area contributed by atoms with Gasteiger partial charge in [0.15, 0.2) is 5.78 Å². The van der Waals surface area contributed by atoms with Crippen molar-refractivity contribution in [2.24, 2.45) is 0 Å². The number of rotatable bonds is 0.